The van der Waals surface area contributed by atoms with E-state index in [2.05, 4.69) is 5.32 Å². The fourth-order valence-corrected chi connectivity index (χ4v) is 3.29. The first-order chi connectivity index (χ1) is 13.4. The van der Waals surface area contributed by atoms with Gasteiger partial charge in [0.2, 0.25) is 5.91 Å². The molecule has 1 amide bonds. The molecule has 28 heavy (non-hydrogen) atoms. The minimum atomic E-state index is -0.477. The molecule has 0 saturated carbocycles. The summed E-state index contributed by atoms with van der Waals surface area (Å²) in [5.74, 6) is -0.363. The largest absolute Gasteiger partial charge is 0.331 e. The number of nitrogens with zero attached hydrogens (tertiary/aromatic N) is 2. The van der Waals surface area contributed by atoms with Crippen LogP contribution in [-0.2, 0) is 17.9 Å². The molecule has 0 bridgehead atoms. The van der Waals surface area contributed by atoms with E-state index in [1.54, 1.807) is 42.5 Å². The first-order valence-corrected chi connectivity index (χ1v) is 9.59. The standard InChI is InChI=1S/C21H22ClN3O3/c1-3-4-12-24-20(27)15-8-5-6-11-18(15)25(21(24)28)13-19(26)23-17-10-7-9-16(22)14(17)2/h5-11H,3-4,12-13H2,1-2H3,(H,23,26). The zero-order chi connectivity index (χ0) is 20.3. The van der Waals surface area contributed by atoms with Crippen molar-refractivity contribution in [3.63, 3.8) is 0 Å². The molecule has 0 fully saturated rings. The molecule has 3 rings (SSSR count). The summed E-state index contributed by atoms with van der Waals surface area (Å²) in [6.45, 7) is 3.93. The zero-order valence-corrected chi connectivity index (χ0v) is 16.6. The van der Waals surface area contributed by atoms with Crippen LogP contribution in [0.4, 0.5) is 5.69 Å². The van der Waals surface area contributed by atoms with Gasteiger partial charge in [0.25, 0.3) is 5.56 Å². The Morgan fingerprint density at radius 2 is 1.82 bits per heavy atom. The number of para-hydroxylation sites is 1. The van der Waals surface area contributed by atoms with Crippen molar-refractivity contribution in [3.05, 3.63) is 73.9 Å². The van der Waals surface area contributed by atoms with E-state index < -0.39 is 5.69 Å². The summed E-state index contributed by atoms with van der Waals surface area (Å²) in [6.07, 6.45) is 1.56. The predicted molar refractivity (Wildman–Crippen MR) is 112 cm³/mol. The summed E-state index contributed by atoms with van der Waals surface area (Å²) in [5.41, 5.74) is 0.992. The van der Waals surface area contributed by atoms with Gasteiger partial charge in [0.15, 0.2) is 0 Å². The van der Waals surface area contributed by atoms with Crippen molar-refractivity contribution >= 4 is 34.1 Å². The van der Waals surface area contributed by atoms with E-state index in [-0.39, 0.29) is 18.0 Å². The third-order valence-corrected chi connectivity index (χ3v) is 5.12. The van der Waals surface area contributed by atoms with Gasteiger partial charge in [-0.25, -0.2) is 4.79 Å². The zero-order valence-electron chi connectivity index (χ0n) is 15.9. The van der Waals surface area contributed by atoms with Crippen molar-refractivity contribution in [2.24, 2.45) is 0 Å². The van der Waals surface area contributed by atoms with Crippen LogP contribution in [0.15, 0.2) is 52.1 Å². The molecular formula is C21H22ClN3O3. The number of carbonyl (C=O) groups is 1. The van der Waals surface area contributed by atoms with E-state index in [4.69, 9.17) is 11.6 Å². The maximum atomic E-state index is 12.9. The maximum Gasteiger partial charge on any atom is 0.331 e. The third kappa shape index (κ3) is 3.87. The van der Waals surface area contributed by atoms with Gasteiger partial charge in [-0.1, -0.05) is 43.1 Å². The normalized spacial score (nSPS) is 11.0. The highest BCUT2D eigenvalue weighted by Gasteiger charge is 2.15. The molecule has 0 aliphatic heterocycles. The quantitative estimate of drug-likeness (QED) is 0.688. The molecule has 7 heteroatoms. The summed E-state index contributed by atoms with van der Waals surface area (Å²) >= 11 is 6.10. The fraction of sp³-hybridized carbons (Fsp3) is 0.286. The number of benzene rings is 2. The Balaban J connectivity index is 2.02. The van der Waals surface area contributed by atoms with Gasteiger partial charge in [0, 0.05) is 17.3 Å². The second kappa shape index (κ2) is 8.44. The van der Waals surface area contributed by atoms with Crippen LogP contribution in [0.3, 0.4) is 0 Å². The number of fused-ring (bicyclic) bond motifs is 1. The van der Waals surface area contributed by atoms with E-state index in [0.29, 0.717) is 34.6 Å². The van der Waals surface area contributed by atoms with Crippen molar-refractivity contribution < 1.29 is 4.79 Å². The first kappa shape index (κ1) is 19.9. The van der Waals surface area contributed by atoms with Crippen LogP contribution in [0.5, 0.6) is 0 Å². The van der Waals surface area contributed by atoms with Crippen LogP contribution in [0.25, 0.3) is 10.9 Å². The molecule has 0 saturated heterocycles. The number of rotatable bonds is 6. The average Bonchev–Trinajstić information content (AvgIpc) is 2.69. The lowest BCUT2D eigenvalue weighted by Gasteiger charge is -2.15. The van der Waals surface area contributed by atoms with E-state index in [1.807, 2.05) is 13.8 Å². The van der Waals surface area contributed by atoms with Gasteiger partial charge in [0.05, 0.1) is 10.9 Å². The number of amides is 1. The van der Waals surface area contributed by atoms with E-state index in [1.165, 1.54) is 9.13 Å². The minimum Gasteiger partial charge on any atom is -0.324 e. The van der Waals surface area contributed by atoms with Crippen molar-refractivity contribution in [2.75, 3.05) is 5.32 Å². The Morgan fingerprint density at radius 1 is 1.07 bits per heavy atom. The first-order valence-electron chi connectivity index (χ1n) is 9.21. The second-order valence-electron chi connectivity index (χ2n) is 6.66. The Hall–Kier alpha value is -2.86. The van der Waals surface area contributed by atoms with Crippen molar-refractivity contribution in [2.45, 2.75) is 39.8 Å². The summed E-state index contributed by atoms with van der Waals surface area (Å²) in [6, 6.07) is 12.1. The summed E-state index contributed by atoms with van der Waals surface area (Å²) in [4.78, 5) is 38.3. The Kier molecular flexibility index (Phi) is 5.99. The number of aromatic nitrogens is 2. The van der Waals surface area contributed by atoms with Gasteiger partial charge in [-0.3, -0.25) is 18.7 Å². The van der Waals surface area contributed by atoms with Gasteiger partial charge in [0.1, 0.15) is 6.54 Å². The van der Waals surface area contributed by atoms with Crippen LogP contribution in [0.1, 0.15) is 25.3 Å². The van der Waals surface area contributed by atoms with Crippen molar-refractivity contribution in [3.8, 4) is 0 Å². The molecule has 6 nitrogen and oxygen atoms in total. The molecule has 0 atom stereocenters. The molecule has 3 aromatic rings. The third-order valence-electron chi connectivity index (χ3n) is 4.71. The molecule has 0 aliphatic rings. The van der Waals surface area contributed by atoms with Crippen LogP contribution in [0, 0.1) is 6.92 Å². The summed E-state index contributed by atoms with van der Waals surface area (Å²) < 4.78 is 2.56. The summed E-state index contributed by atoms with van der Waals surface area (Å²) in [5, 5.41) is 3.77. The highest BCUT2D eigenvalue weighted by Crippen LogP contribution is 2.22. The molecule has 1 N–H and O–H groups in total. The predicted octanol–water partition coefficient (Wildman–Crippen LogP) is 3.56. The average molecular weight is 400 g/mol. The van der Waals surface area contributed by atoms with Crippen LogP contribution in [-0.4, -0.2) is 15.0 Å². The van der Waals surface area contributed by atoms with Crippen molar-refractivity contribution in [1.29, 1.82) is 0 Å². The molecule has 1 heterocycles. The molecule has 0 aliphatic carbocycles. The highest BCUT2D eigenvalue weighted by atomic mass is 35.5. The van der Waals surface area contributed by atoms with Gasteiger partial charge in [-0.05, 0) is 43.2 Å². The van der Waals surface area contributed by atoms with E-state index >= 15 is 0 Å². The Labute approximate surface area is 167 Å². The molecule has 2 aromatic carbocycles. The molecule has 146 valence electrons. The van der Waals surface area contributed by atoms with Crippen molar-refractivity contribution in [1.82, 2.24) is 9.13 Å². The fourth-order valence-electron chi connectivity index (χ4n) is 3.11. The van der Waals surface area contributed by atoms with Gasteiger partial charge >= 0.3 is 5.69 Å². The van der Waals surface area contributed by atoms with Crippen LogP contribution in [0.2, 0.25) is 5.02 Å². The molecule has 0 spiro atoms. The lowest BCUT2D eigenvalue weighted by atomic mass is 10.2. The topological polar surface area (TPSA) is 73.1 Å². The number of unbranched alkanes of at least 4 members (excludes halogenated alkanes) is 1. The number of hydrogen-bond acceptors (Lipinski definition) is 3. The van der Waals surface area contributed by atoms with Crippen LogP contribution >= 0.6 is 11.6 Å². The second-order valence-corrected chi connectivity index (χ2v) is 7.06. The Bertz CT molecular complexity index is 1150. The number of carbonyl (C=O) groups excluding carboxylic acids is 1. The number of nitrogens with one attached hydrogen (secondary N) is 1. The molecule has 1 aromatic heterocycles. The van der Waals surface area contributed by atoms with E-state index in [0.717, 1.165) is 12.0 Å². The van der Waals surface area contributed by atoms with Gasteiger partial charge < -0.3 is 5.32 Å². The van der Waals surface area contributed by atoms with E-state index in [9.17, 15) is 14.4 Å². The highest BCUT2D eigenvalue weighted by molar-refractivity contribution is 6.31. The number of hydrogen-bond donors (Lipinski definition) is 1. The monoisotopic (exact) mass is 399 g/mol. The number of halogens is 1. The smallest absolute Gasteiger partial charge is 0.324 e. The lowest BCUT2D eigenvalue weighted by Crippen LogP contribution is -2.41. The van der Waals surface area contributed by atoms with Gasteiger partial charge in [-0.15, -0.1) is 0 Å². The van der Waals surface area contributed by atoms with Gasteiger partial charge in [-0.2, -0.15) is 0 Å². The lowest BCUT2D eigenvalue weighted by molar-refractivity contribution is -0.116. The SMILES string of the molecule is CCCCn1c(=O)c2ccccc2n(CC(=O)Nc2cccc(Cl)c2C)c1=O. The maximum absolute atomic E-state index is 12.9. The summed E-state index contributed by atoms with van der Waals surface area (Å²) in [7, 11) is 0. The molecular weight excluding hydrogens is 378 g/mol. The molecule has 0 unspecified atom stereocenters. The van der Waals surface area contributed by atoms with Crippen LogP contribution < -0.4 is 16.6 Å². The molecule has 0 radical (unpaired) electrons. The minimum absolute atomic E-state index is 0.197. The Morgan fingerprint density at radius 3 is 2.57 bits per heavy atom. The number of anilines is 1.